The minimum Gasteiger partial charge on any atom is -0.457 e. The lowest BCUT2D eigenvalue weighted by Crippen LogP contribution is -2.43. The number of nitriles is 1. The van der Waals surface area contributed by atoms with E-state index in [1.54, 1.807) is 43.3 Å². The van der Waals surface area contributed by atoms with Gasteiger partial charge in [0.15, 0.2) is 5.78 Å². The van der Waals surface area contributed by atoms with E-state index >= 15 is 0 Å². The molecule has 3 rings (SSSR count). The predicted molar refractivity (Wildman–Crippen MR) is 114 cm³/mol. The van der Waals surface area contributed by atoms with E-state index in [4.69, 9.17) is 9.15 Å². The van der Waals surface area contributed by atoms with Crippen LogP contribution in [0.2, 0.25) is 0 Å². The molecular formula is C24H22N2O5. The van der Waals surface area contributed by atoms with Gasteiger partial charge in [-0.3, -0.25) is 19.3 Å². The number of methoxy groups -OCH3 is 1. The molecule has 0 radical (unpaired) electrons. The number of ketones is 1. The molecular weight excluding hydrogens is 396 g/mol. The van der Waals surface area contributed by atoms with Gasteiger partial charge in [-0.2, -0.15) is 5.26 Å². The van der Waals surface area contributed by atoms with Crippen LogP contribution in [0.5, 0.6) is 0 Å². The highest BCUT2D eigenvalue weighted by Gasteiger charge is 2.35. The second-order valence-electron chi connectivity index (χ2n) is 7.11. The monoisotopic (exact) mass is 418 g/mol. The smallest absolute Gasteiger partial charge is 0.271 e. The number of imide groups is 1. The summed E-state index contributed by atoms with van der Waals surface area (Å²) in [5.74, 6) is -0.102. The van der Waals surface area contributed by atoms with E-state index in [0.29, 0.717) is 35.7 Å². The SMILES string of the molecule is COCCCN1C(=O)C(C#N)=C(C)/C(=C\c2ccc(-c3ccc(C(C)=O)cc3)o2)C1=O. The maximum Gasteiger partial charge on any atom is 0.271 e. The van der Waals surface area contributed by atoms with Crippen LogP contribution in [0, 0.1) is 11.3 Å². The van der Waals surface area contributed by atoms with Crippen molar-refractivity contribution in [1.29, 1.82) is 5.26 Å². The summed E-state index contributed by atoms with van der Waals surface area (Å²) < 4.78 is 10.8. The number of nitrogens with zero attached hydrogens (tertiary/aromatic N) is 2. The van der Waals surface area contributed by atoms with Gasteiger partial charge in [-0.15, -0.1) is 0 Å². The van der Waals surface area contributed by atoms with Crippen molar-refractivity contribution in [2.75, 3.05) is 20.3 Å². The number of carbonyl (C=O) groups is 3. The lowest BCUT2D eigenvalue weighted by atomic mass is 9.94. The largest absolute Gasteiger partial charge is 0.457 e. The van der Waals surface area contributed by atoms with Crippen LogP contribution in [0.25, 0.3) is 17.4 Å². The van der Waals surface area contributed by atoms with Gasteiger partial charge in [0.05, 0.1) is 0 Å². The molecule has 0 aliphatic carbocycles. The highest BCUT2D eigenvalue weighted by molar-refractivity contribution is 6.19. The zero-order chi connectivity index (χ0) is 22.5. The van der Waals surface area contributed by atoms with Crippen LogP contribution in [-0.4, -0.2) is 42.8 Å². The summed E-state index contributed by atoms with van der Waals surface area (Å²) in [7, 11) is 1.54. The Morgan fingerprint density at radius 3 is 2.48 bits per heavy atom. The fourth-order valence-corrected chi connectivity index (χ4v) is 3.30. The summed E-state index contributed by atoms with van der Waals surface area (Å²) in [5, 5.41) is 9.44. The summed E-state index contributed by atoms with van der Waals surface area (Å²) in [6, 6.07) is 12.4. The first kappa shape index (κ1) is 21.9. The van der Waals surface area contributed by atoms with E-state index in [1.807, 2.05) is 6.07 Å². The molecule has 0 bridgehead atoms. The second-order valence-corrected chi connectivity index (χ2v) is 7.11. The van der Waals surface area contributed by atoms with Gasteiger partial charge >= 0.3 is 0 Å². The van der Waals surface area contributed by atoms with Gasteiger partial charge in [0.2, 0.25) is 0 Å². The highest BCUT2D eigenvalue weighted by atomic mass is 16.5. The third kappa shape index (κ3) is 4.55. The fraction of sp³-hybridized carbons (Fsp3) is 0.250. The topological polar surface area (TPSA) is 101 Å². The van der Waals surface area contributed by atoms with E-state index in [0.717, 1.165) is 10.5 Å². The molecule has 0 spiro atoms. The molecule has 1 aromatic carbocycles. The van der Waals surface area contributed by atoms with Gasteiger partial charge in [-0.25, -0.2) is 0 Å². The van der Waals surface area contributed by atoms with Crippen LogP contribution in [0.3, 0.4) is 0 Å². The molecule has 0 N–H and O–H groups in total. The maximum atomic E-state index is 13.0. The second kappa shape index (κ2) is 9.37. The summed E-state index contributed by atoms with van der Waals surface area (Å²) in [5.41, 5.74) is 1.89. The fourth-order valence-electron chi connectivity index (χ4n) is 3.30. The third-order valence-corrected chi connectivity index (χ3v) is 5.04. The molecule has 0 saturated carbocycles. The minimum absolute atomic E-state index is 0.0209. The normalized spacial score (nSPS) is 15.5. The first-order valence-corrected chi connectivity index (χ1v) is 9.76. The molecule has 0 fully saturated rings. The van der Waals surface area contributed by atoms with Crippen LogP contribution in [0.1, 0.15) is 36.4 Å². The average molecular weight is 418 g/mol. The molecule has 1 aromatic heterocycles. The van der Waals surface area contributed by atoms with Gasteiger partial charge in [-0.1, -0.05) is 24.3 Å². The van der Waals surface area contributed by atoms with Crippen molar-refractivity contribution in [1.82, 2.24) is 4.90 Å². The number of furan rings is 1. The van der Waals surface area contributed by atoms with Crippen molar-refractivity contribution in [3.8, 4) is 17.4 Å². The highest BCUT2D eigenvalue weighted by Crippen LogP contribution is 2.29. The Kier molecular flexibility index (Phi) is 6.63. The first-order chi connectivity index (χ1) is 14.9. The van der Waals surface area contributed by atoms with Crippen LogP contribution in [0.15, 0.2) is 57.5 Å². The molecule has 0 atom stereocenters. The Morgan fingerprint density at radius 2 is 1.87 bits per heavy atom. The van der Waals surface area contributed by atoms with E-state index in [1.165, 1.54) is 20.1 Å². The molecule has 2 amide bonds. The number of rotatable bonds is 7. The van der Waals surface area contributed by atoms with Crippen molar-refractivity contribution < 1.29 is 23.5 Å². The molecule has 31 heavy (non-hydrogen) atoms. The maximum absolute atomic E-state index is 13.0. The first-order valence-electron chi connectivity index (χ1n) is 9.76. The summed E-state index contributed by atoms with van der Waals surface area (Å²) >= 11 is 0. The van der Waals surface area contributed by atoms with Gasteiger partial charge < -0.3 is 9.15 Å². The molecule has 2 aromatic rings. The Bertz CT molecular complexity index is 1130. The number of benzene rings is 1. The lowest BCUT2D eigenvalue weighted by molar-refractivity contribution is -0.140. The number of ether oxygens (including phenoxy) is 1. The molecule has 2 heterocycles. The van der Waals surface area contributed by atoms with Crippen molar-refractivity contribution >= 4 is 23.7 Å². The van der Waals surface area contributed by atoms with Crippen LogP contribution >= 0.6 is 0 Å². The molecule has 7 heteroatoms. The van der Waals surface area contributed by atoms with E-state index in [-0.39, 0.29) is 23.5 Å². The molecule has 1 aliphatic rings. The van der Waals surface area contributed by atoms with E-state index in [9.17, 15) is 19.6 Å². The van der Waals surface area contributed by atoms with Crippen LogP contribution in [0.4, 0.5) is 0 Å². The summed E-state index contributed by atoms with van der Waals surface area (Å²) in [4.78, 5) is 38.0. The van der Waals surface area contributed by atoms with Crippen molar-refractivity contribution in [2.24, 2.45) is 0 Å². The minimum atomic E-state index is -0.594. The van der Waals surface area contributed by atoms with Crippen molar-refractivity contribution in [3.05, 3.63) is 64.4 Å². The Hall–Kier alpha value is -3.76. The lowest BCUT2D eigenvalue weighted by Gasteiger charge is -2.27. The standard InChI is InChI=1S/C24H22N2O5/c1-15-20(23(28)26(11-4-12-30-3)24(29)21(15)14-25)13-19-9-10-22(31-19)18-7-5-17(6-8-18)16(2)27/h5-10,13H,4,11-12H2,1-3H3/b20-13+. The number of Topliss-reactive ketones (excluding diaryl/α,β-unsaturated/α-hetero) is 1. The quantitative estimate of drug-likeness (QED) is 0.294. The van der Waals surface area contributed by atoms with Crippen LogP contribution < -0.4 is 0 Å². The molecule has 0 saturated heterocycles. The van der Waals surface area contributed by atoms with Gasteiger partial charge in [0, 0.05) is 37.0 Å². The number of hydrogen-bond donors (Lipinski definition) is 0. The zero-order valence-corrected chi connectivity index (χ0v) is 17.6. The van der Waals surface area contributed by atoms with Crippen molar-refractivity contribution in [3.63, 3.8) is 0 Å². The summed E-state index contributed by atoms with van der Waals surface area (Å²) in [6.45, 7) is 3.64. The third-order valence-electron chi connectivity index (χ3n) is 5.04. The zero-order valence-electron chi connectivity index (χ0n) is 17.6. The average Bonchev–Trinajstić information content (AvgIpc) is 3.23. The van der Waals surface area contributed by atoms with Gasteiger partial charge in [0.1, 0.15) is 23.2 Å². The van der Waals surface area contributed by atoms with Crippen molar-refractivity contribution in [2.45, 2.75) is 20.3 Å². The number of amides is 2. The predicted octanol–water partition coefficient (Wildman–Crippen LogP) is 3.78. The van der Waals surface area contributed by atoms with E-state index < -0.39 is 11.8 Å². The molecule has 158 valence electrons. The Morgan fingerprint density at radius 1 is 1.16 bits per heavy atom. The molecule has 0 unspecified atom stereocenters. The number of hydrogen-bond acceptors (Lipinski definition) is 6. The Labute approximate surface area is 180 Å². The van der Waals surface area contributed by atoms with E-state index in [2.05, 4.69) is 0 Å². The molecule has 1 aliphatic heterocycles. The van der Waals surface area contributed by atoms with Gasteiger partial charge in [-0.05, 0) is 44.1 Å². The van der Waals surface area contributed by atoms with Gasteiger partial charge in [0.25, 0.3) is 11.8 Å². The number of carbonyl (C=O) groups excluding carboxylic acids is 3. The Balaban J connectivity index is 1.93. The molecule has 7 nitrogen and oxygen atoms in total. The van der Waals surface area contributed by atoms with Crippen LogP contribution in [-0.2, 0) is 14.3 Å². The summed E-state index contributed by atoms with van der Waals surface area (Å²) in [6.07, 6.45) is 2.01.